The summed E-state index contributed by atoms with van der Waals surface area (Å²) < 4.78 is 43.9. The fourth-order valence-electron chi connectivity index (χ4n) is 5.58. The number of phosphoric acid groups is 1. The van der Waals surface area contributed by atoms with E-state index in [1.54, 1.807) is 67.6 Å². The van der Waals surface area contributed by atoms with Gasteiger partial charge < -0.3 is 22.7 Å². The van der Waals surface area contributed by atoms with E-state index in [9.17, 15) is 24.3 Å². The van der Waals surface area contributed by atoms with Crippen LogP contribution in [0.1, 0.15) is 19.4 Å². The van der Waals surface area contributed by atoms with Gasteiger partial charge >= 0.3 is 13.8 Å². The summed E-state index contributed by atoms with van der Waals surface area (Å²) in [5, 5.41) is 11.0. The lowest BCUT2D eigenvalue weighted by atomic mass is 9.79. The fourth-order valence-corrected chi connectivity index (χ4v) is 8.21. The molecule has 0 radical (unpaired) electrons. The monoisotopic (exact) mass is 666 g/mol. The van der Waals surface area contributed by atoms with Crippen molar-refractivity contribution in [1.29, 1.82) is 0 Å². The first-order chi connectivity index (χ1) is 21.8. The summed E-state index contributed by atoms with van der Waals surface area (Å²) in [6.45, 7) is 9.42. The Hall–Kier alpha value is -4.45. The molecule has 14 heteroatoms. The lowest BCUT2D eigenvalue weighted by Gasteiger charge is -2.48. The van der Waals surface area contributed by atoms with Crippen LogP contribution in [0.15, 0.2) is 96.4 Å². The van der Waals surface area contributed by atoms with Crippen LogP contribution >= 0.6 is 7.82 Å². The molecule has 46 heavy (non-hydrogen) atoms. The highest BCUT2D eigenvalue weighted by molar-refractivity contribution is 7.49. The van der Waals surface area contributed by atoms with Gasteiger partial charge in [0, 0.05) is 18.1 Å². The number of hydrogen-bond donors (Lipinski definition) is 0. The van der Waals surface area contributed by atoms with Gasteiger partial charge in [0.05, 0.1) is 23.0 Å². The average molecular weight is 667 g/mol. The molecule has 1 amide bonds. The maximum atomic E-state index is 14.4. The summed E-state index contributed by atoms with van der Waals surface area (Å²) in [7, 11) is -6.57. The van der Waals surface area contributed by atoms with Crippen LogP contribution in [-0.4, -0.2) is 42.2 Å². The van der Waals surface area contributed by atoms with Gasteiger partial charge in [0.15, 0.2) is 14.0 Å². The average Bonchev–Trinajstić information content (AvgIpc) is 3.23. The first kappa shape index (κ1) is 32.9. The van der Waals surface area contributed by atoms with E-state index in [-0.39, 0.29) is 41.2 Å². The number of fused-ring (bicyclic) bond motifs is 1. The van der Waals surface area contributed by atoms with Crippen LogP contribution in [0.25, 0.3) is 0 Å². The number of benzene rings is 3. The molecule has 3 aromatic carbocycles. The Morgan fingerprint density at radius 1 is 0.935 bits per heavy atom. The van der Waals surface area contributed by atoms with Crippen molar-refractivity contribution in [3.63, 3.8) is 0 Å². The molecule has 0 bridgehead atoms. The quantitative estimate of drug-likeness (QED) is 0.0474. The zero-order valence-corrected chi connectivity index (χ0v) is 27.9. The molecule has 0 saturated carbocycles. The minimum Gasteiger partial charge on any atom is -0.456 e. The number of amides is 1. The molecule has 1 fully saturated rings. The van der Waals surface area contributed by atoms with Gasteiger partial charge in [0.1, 0.15) is 23.9 Å². The molecule has 4 atom stereocenters. The van der Waals surface area contributed by atoms with Crippen LogP contribution in [0.4, 0.5) is 5.69 Å². The molecule has 12 nitrogen and oxygen atoms in total. The van der Waals surface area contributed by atoms with E-state index in [0.29, 0.717) is 5.56 Å². The summed E-state index contributed by atoms with van der Waals surface area (Å²) in [4.78, 5) is 39.2. The van der Waals surface area contributed by atoms with Gasteiger partial charge in [-0.1, -0.05) is 43.3 Å². The molecule has 3 aromatic rings. The molecule has 0 aliphatic carbocycles. The summed E-state index contributed by atoms with van der Waals surface area (Å²) in [5.74, 6) is -2.15. The number of esters is 1. The zero-order valence-electron chi connectivity index (χ0n) is 26.0. The molecule has 0 spiro atoms. The molecular formula is C32H35N2O10PSi. The highest BCUT2D eigenvalue weighted by Crippen LogP contribution is 2.57. The van der Waals surface area contributed by atoms with Crippen molar-refractivity contribution in [3.05, 3.63) is 112 Å². The summed E-state index contributed by atoms with van der Waals surface area (Å²) in [6.07, 6.45) is -0.451. The second kappa shape index (κ2) is 13.1. The number of rotatable bonds is 13. The maximum absolute atomic E-state index is 14.4. The number of nitro groups is 1. The van der Waals surface area contributed by atoms with Crippen molar-refractivity contribution in [2.24, 2.45) is 11.8 Å². The van der Waals surface area contributed by atoms with Gasteiger partial charge in [0.25, 0.3) is 5.69 Å². The predicted octanol–water partition coefficient (Wildman–Crippen LogP) is 6.85. The van der Waals surface area contributed by atoms with Crippen LogP contribution in [-0.2, 0) is 34.4 Å². The molecule has 0 aromatic heterocycles. The Morgan fingerprint density at radius 2 is 1.48 bits per heavy atom. The first-order valence-electron chi connectivity index (χ1n) is 14.7. The third-order valence-electron chi connectivity index (χ3n) is 7.48. The summed E-state index contributed by atoms with van der Waals surface area (Å²) >= 11 is 0. The number of non-ortho nitro benzene ring substituents is 1. The van der Waals surface area contributed by atoms with Crippen LogP contribution < -0.4 is 9.05 Å². The number of carbonyl (C=O) groups is 2. The van der Waals surface area contributed by atoms with Crippen molar-refractivity contribution in [1.82, 2.24) is 4.90 Å². The van der Waals surface area contributed by atoms with E-state index in [1.165, 1.54) is 29.2 Å². The highest BCUT2D eigenvalue weighted by atomic mass is 31.2. The molecule has 0 unspecified atom stereocenters. The van der Waals surface area contributed by atoms with Gasteiger partial charge in [-0.3, -0.25) is 19.8 Å². The molecule has 242 valence electrons. The first-order valence-corrected chi connectivity index (χ1v) is 19.6. The van der Waals surface area contributed by atoms with E-state index >= 15 is 0 Å². The Kier molecular flexibility index (Phi) is 9.38. The molecule has 2 heterocycles. The summed E-state index contributed by atoms with van der Waals surface area (Å²) in [5.41, 5.74) is 0.162. The van der Waals surface area contributed by atoms with Gasteiger partial charge in [-0.05, 0) is 68.5 Å². The number of para-hydroxylation sites is 2. The Bertz CT molecular complexity index is 1630. The van der Waals surface area contributed by atoms with E-state index in [0.717, 1.165) is 0 Å². The molecule has 5 rings (SSSR count). The van der Waals surface area contributed by atoms with Gasteiger partial charge in [-0.15, -0.1) is 0 Å². The van der Waals surface area contributed by atoms with Crippen molar-refractivity contribution in [3.8, 4) is 11.5 Å². The Balaban J connectivity index is 1.49. The second-order valence-electron chi connectivity index (χ2n) is 12.0. The smallest absolute Gasteiger partial charge is 0.456 e. The van der Waals surface area contributed by atoms with Crippen molar-refractivity contribution < 1.29 is 41.8 Å². The van der Waals surface area contributed by atoms with Crippen molar-refractivity contribution in [2.75, 3.05) is 0 Å². The van der Waals surface area contributed by atoms with Crippen LogP contribution in [0, 0.1) is 22.0 Å². The fraction of sp³-hybridized carbons (Fsp3) is 0.312. The third-order valence-corrected chi connectivity index (χ3v) is 9.84. The Labute approximate surface area is 267 Å². The van der Waals surface area contributed by atoms with Crippen LogP contribution in [0.2, 0.25) is 19.6 Å². The molecular weight excluding hydrogens is 631 g/mol. The predicted molar refractivity (Wildman–Crippen MR) is 170 cm³/mol. The molecule has 0 N–H and O–H groups in total. The molecule has 2 aliphatic rings. The van der Waals surface area contributed by atoms with Crippen LogP contribution in [0.3, 0.4) is 0 Å². The third kappa shape index (κ3) is 7.17. The number of ether oxygens (including phenoxy) is 1. The van der Waals surface area contributed by atoms with E-state index in [2.05, 4.69) is 0 Å². The van der Waals surface area contributed by atoms with Gasteiger partial charge in [-0.2, -0.15) is 4.57 Å². The zero-order chi connectivity index (χ0) is 33.2. The van der Waals surface area contributed by atoms with E-state index < -0.39 is 51.0 Å². The van der Waals surface area contributed by atoms with E-state index in [1.807, 2.05) is 26.6 Å². The number of carbonyl (C=O) groups excluding carboxylic acids is 2. The number of β-lactam (4-membered cyclic amide) rings is 1. The lowest BCUT2D eigenvalue weighted by Crippen LogP contribution is -2.64. The SMILES string of the molecule is C[C@@H](O[Si](C)(C)C)[C@H]1C(=O)N2C(C(=O)OCc3ccc([N+](=O)[O-])cc3)=C(OP(=O)(Oc3ccccc3)Oc3ccccc3)[C@H](C)[C@H]12. The normalized spacial score (nSPS) is 20.0. The van der Waals surface area contributed by atoms with Gasteiger partial charge in [0.2, 0.25) is 5.91 Å². The lowest BCUT2D eigenvalue weighted by molar-refractivity contribution is -0.384. The van der Waals surface area contributed by atoms with Gasteiger partial charge in [-0.25, -0.2) is 4.79 Å². The highest BCUT2D eigenvalue weighted by Gasteiger charge is 2.62. The van der Waals surface area contributed by atoms with E-state index in [4.69, 9.17) is 22.7 Å². The standard InChI is InChI=1S/C32H35N2O10PSi/c1-21-28-27(22(2)44-46(3,4)5)31(35)33(28)29(32(36)40-20-23-16-18-24(19-17-23)34(37)38)30(21)43-45(39,41-25-12-8-6-9-13-25)42-26-14-10-7-11-15-26/h6-19,21-22,27-28H,20H2,1-5H3/t21-,22-,27-,28-/m1/s1. The van der Waals surface area contributed by atoms with Crippen molar-refractivity contribution >= 4 is 33.7 Å². The minimum atomic E-state index is -4.53. The largest absolute Gasteiger partial charge is 0.646 e. The van der Waals surface area contributed by atoms with Crippen molar-refractivity contribution in [2.45, 2.75) is 52.2 Å². The molecule has 1 saturated heterocycles. The number of nitrogens with zero attached hydrogens (tertiary/aromatic N) is 2. The minimum absolute atomic E-state index is 0.0788. The topological polar surface area (TPSA) is 144 Å². The second-order valence-corrected chi connectivity index (χ2v) is 17.9. The number of hydrogen-bond acceptors (Lipinski definition) is 10. The maximum Gasteiger partial charge on any atom is 0.646 e. The van der Waals surface area contributed by atoms with Crippen LogP contribution in [0.5, 0.6) is 11.5 Å². The number of nitro benzene ring substituents is 1. The molecule has 2 aliphatic heterocycles. The number of phosphoric ester groups is 1. The summed E-state index contributed by atoms with van der Waals surface area (Å²) in [6, 6.07) is 21.6. The Morgan fingerprint density at radius 3 is 1.98 bits per heavy atom.